The second kappa shape index (κ2) is 7.31. The molecule has 0 radical (unpaired) electrons. The van der Waals surface area contributed by atoms with E-state index in [0.717, 1.165) is 5.56 Å². The van der Waals surface area contributed by atoms with Gasteiger partial charge < -0.3 is 14.9 Å². The number of rotatable bonds is 6. The molecule has 0 atom stereocenters. The van der Waals surface area contributed by atoms with E-state index in [1.165, 1.54) is 0 Å². The van der Waals surface area contributed by atoms with Crippen LogP contribution in [0.3, 0.4) is 0 Å². The van der Waals surface area contributed by atoms with E-state index in [0.29, 0.717) is 17.9 Å². The topological polar surface area (TPSA) is 95.4 Å². The van der Waals surface area contributed by atoms with Gasteiger partial charge in [-0.1, -0.05) is 29.8 Å². The van der Waals surface area contributed by atoms with Crippen molar-refractivity contribution >= 4 is 9.84 Å². The van der Waals surface area contributed by atoms with E-state index in [2.05, 4.69) is 4.98 Å². The molecule has 0 unspecified atom stereocenters. The first-order valence-electron chi connectivity index (χ1n) is 8.21. The van der Waals surface area contributed by atoms with Crippen LogP contribution in [0.5, 0.6) is 5.75 Å². The summed E-state index contributed by atoms with van der Waals surface area (Å²) in [6.07, 6.45) is 0. The first-order valence-corrected chi connectivity index (χ1v) is 9.69. The minimum absolute atomic E-state index is 0.0791. The Morgan fingerprint density at radius 1 is 1.12 bits per heavy atom. The fourth-order valence-corrected chi connectivity index (χ4v) is 3.89. The van der Waals surface area contributed by atoms with E-state index in [1.807, 2.05) is 19.9 Å². The van der Waals surface area contributed by atoms with Crippen molar-refractivity contribution in [2.75, 3.05) is 6.61 Å². The Kier molecular flexibility index (Phi) is 5.11. The molecule has 26 heavy (non-hydrogen) atoms. The summed E-state index contributed by atoms with van der Waals surface area (Å²) in [5, 5.41) is -0.162. The molecule has 0 aliphatic heterocycles. The van der Waals surface area contributed by atoms with Crippen molar-refractivity contribution in [1.82, 2.24) is 4.98 Å². The van der Waals surface area contributed by atoms with Crippen LogP contribution in [0.1, 0.15) is 18.2 Å². The molecule has 3 aromatic rings. The predicted octanol–water partition coefficient (Wildman–Crippen LogP) is 3.34. The lowest BCUT2D eigenvalue weighted by molar-refractivity contribution is 0.340. The molecule has 2 N–H and O–H groups in total. The Morgan fingerprint density at radius 2 is 1.81 bits per heavy atom. The largest absolute Gasteiger partial charge is 0.493 e. The van der Waals surface area contributed by atoms with Crippen molar-refractivity contribution < 1.29 is 17.6 Å². The number of ether oxygens (including phenoxy) is 1. The molecule has 3 rings (SSSR count). The van der Waals surface area contributed by atoms with E-state index in [9.17, 15) is 8.42 Å². The van der Waals surface area contributed by atoms with E-state index >= 15 is 0 Å². The molecule has 0 spiro atoms. The molecule has 0 aliphatic rings. The van der Waals surface area contributed by atoms with Gasteiger partial charge in [-0.15, -0.1) is 0 Å². The summed E-state index contributed by atoms with van der Waals surface area (Å²) in [7, 11) is -3.84. The number of hydrogen-bond acceptors (Lipinski definition) is 6. The minimum atomic E-state index is -3.84. The van der Waals surface area contributed by atoms with Crippen LogP contribution >= 0.6 is 0 Å². The van der Waals surface area contributed by atoms with Gasteiger partial charge in [-0.05, 0) is 38.1 Å². The van der Waals surface area contributed by atoms with Gasteiger partial charge in [-0.25, -0.2) is 8.42 Å². The van der Waals surface area contributed by atoms with Crippen molar-refractivity contribution in [2.45, 2.75) is 30.3 Å². The van der Waals surface area contributed by atoms with Crippen LogP contribution < -0.4 is 10.5 Å². The molecule has 0 bridgehead atoms. The lowest BCUT2D eigenvalue weighted by Crippen LogP contribution is -2.08. The maximum atomic E-state index is 13.0. The Labute approximate surface area is 152 Å². The molecule has 7 heteroatoms. The lowest BCUT2D eigenvalue weighted by atomic mass is 10.2. The van der Waals surface area contributed by atoms with Gasteiger partial charge in [-0.2, -0.15) is 4.98 Å². The van der Waals surface area contributed by atoms with Crippen LogP contribution in [0.2, 0.25) is 0 Å². The third kappa shape index (κ3) is 3.36. The first kappa shape index (κ1) is 18.2. The summed E-state index contributed by atoms with van der Waals surface area (Å²) in [4.78, 5) is 4.40. The van der Waals surface area contributed by atoms with Gasteiger partial charge in [0.2, 0.25) is 20.8 Å². The third-order valence-electron chi connectivity index (χ3n) is 3.85. The highest BCUT2D eigenvalue weighted by Crippen LogP contribution is 2.33. The van der Waals surface area contributed by atoms with E-state index in [4.69, 9.17) is 14.9 Å². The zero-order valence-corrected chi connectivity index (χ0v) is 15.4. The fourth-order valence-electron chi connectivity index (χ4n) is 2.55. The molecule has 0 fully saturated rings. The van der Waals surface area contributed by atoms with Gasteiger partial charge in [-0.3, -0.25) is 0 Å². The molecular weight excluding hydrogens is 352 g/mol. The molecule has 0 saturated carbocycles. The smallest absolute Gasteiger partial charge is 0.231 e. The highest BCUT2D eigenvalue weighted by atomic mass is 32.2. The summed E-state index contributed by atoms with van der Waals surface area (Å²) in [5.41, 5.74) is 7.25. The quantitative estimate of drug-likeness (QED) is 0.713. The second-order valence-corrected chi connectivity index (χ2v) is 7.56. The van der Waals surface area contributed by atoms with Crippen LogP contribution in [0.4, 0.5) is 0 Å². The zero-order chi connectivity index (χ0) is 18.7. The predicted molar refractivity (Wildman–Crippen MR) is 97.6 cm³/mol. The highest BCUT2D eigenvalue weighted by molar-refractivity contribution is 7.91. The molecule has 136 valence electrons. The number of oxazole rings is 1. The number of hydrogen-bond donors (Lipinski definition) is 1. The molecule has 1 heterocycles. The molecule has 0 aliphatic carbocycles. The summed E-state index contributed by atoms with van der Waals surface area (Å²) in [5.74, 6) is 0.853. The second-order valence-electron chi connectivity index (χ2n) is 5.70. The van der Waals surface area contributed by atoms with Crippen LogP contribution in [0, 0.1) is 6.92 Å². The van der Waals surface area contributed by atoms with Crippen molar-refractivity contribution in [3.63, 3.8) is 0 Å². The molecule has 6 nitrogen and oxygen atoms in total. The number of nitrogens with zero attached hydrogens (tertiary/aromatic N) is 1. The van der Waals surface area contributed by atoms with Crippen molar-refractivity contribution in [2.24, 2.45) is 5.73 Å². The van der Waals surface area contributed by atoms with Gasteiger partial charge in [0.25, 0.3) is 0 Å². The number of para-hydroxylation sites is 1. The van der Waals surface area contributed by atoms with Crippen molar-refractivity contribution in [3.05, 3.63) is 59.9 Å². The van der Waals surface area contributed by atoms with Gasteiger partial charge in [0.1, 0.15) is 5.75 Å². The van der Waals surface area contributed by atoms with Crippen LogP contribution in [0.25, 0.3) is 11.5 Å². The molecule has 2 aromatic carbocycles. The van der Waals surface area contributed by atoms with E-state index < -0.39 is 9.84 Å². The number of aromatic nitrogens is 1. The molecule has 0 saturated heterocycles. The van der Waals surface area contributed by atoms with E-state index in [1.54, 1.807) is 42.5 Å². The number of sulfone groups is 1. The maximum Gasteiger partial charge on any atom is 0.231 e. The van der Waals surface area contributed by atoms with Crippen molar-refractivity contribution in [1.29, 1.82) is 0 Å². The zero-order valence-electron chi connectivity index (χ0n) is 14.6. The summed E-state index contributed by atoms with van der Waals surface area (Å²) in [6.45, 7) is 4.14. The monoisotopic (exact) mass is 372 g/mol. The van der Waals surface area contributed by atoms with Crippen molar-refractivity contribution in [3.8, 4) is 17.2 Å². The highest BCUT2D eigenvalue weighted by Gasteiger charge is 2.28. The summed E-state index contributed by atoms with van der Waals surface area (Å²) >= 11 is 0. The molecule has 1 aromatic heterocycles. The fraction of sp³-hybridized carbons (Fsp3) is 0.211. The SMILES string of the molecule is CCOc1ccccc1-c1nc(S(=O)(=O)c2ccc(C)cc2)c(CN)o1. The van der Waals surface area contributed by atoms with Crippen LogP contribution in [-0.4, -0.2) is 20.0 Å². The van der Waals surface area contributed by atoms with E-state index in [-0.39, 0.29) is 28.1 Å². The third-order valence-corrected chi connectivity index (χ3v) is 5.57. The van der Waals surface area contributed by atoms with Crippen LogP contribution in [0.15, 0.2) is 62.9 Å². The Morgan fingerprint density at radius 3 is 2.46 bits per heavy atom. The molecule has 0 amide bonds. The lowest BCUT2D eigenvalue weighted by Gasteiger charge is -2.06. The standard InChI is InChI=1S/C19H20N2O4S/c1-3-24-16-7-5-4-6-15(16)18-21-19(17(12-20)25-18)26(22,23)14-10-8-13(2)9-11-14/h4-11H,3,12,20H2,1-2H3. The van der Waals surface area contributed by atoms with Gasteiger partial charge >= 0.3 is 0 Å². The normalized spacial score (nSPS) is 11.5. The van der Waals surface area contributed by atoms with Gasteiger partial charge in [0.05, 0.1) is 23.6 Å². The maximum absolute atomic E-state index is 13.0. The number of aryl methyl sites for hydroxylation is 1. The average Bonchev–Trinajstić information content (AvgIpc) is 3.08. The Balaban J connectivity index is 2.12. The molecular formula is C19H20N2O4S. The summed E-state index contributed by atoms with van der Waals surface area (Å²) in [6, 6.07) is 13.7. The number of benzene rings is 2. The van der Waals surface area contributed by atoms with Gasteiger partial charge in [0.15, 0.2) is 5.76 Å². The Bertz CT molecular complexity index is 1010. The average molecular weight is 372 g/mol. The first-order chi connectivity index (χ1) is 12.5. The van der Waals surface area contributed by atoms with Gasteiger partial charge in [0, 0.05) is 0 Å². The summed E-state index contributed by atoms with van der Waals surface area (Å²) < 4.78 is 37.2. The minimum Gasteiger partial charge on any atom is -0.493 e. The van der Waals surface area contributed by atoms with Crippen LogP contribution in [-0.2, 0) is 16.4 Å². The number of nitrogens with two attached hydrogens (primary N) is 1. The Hall–Kier alpha value is -2.64.